The summed E-state index contributed by atoms with van der Waals surface area (Å²) >= 11 is 0. The molecule has 0 amide bonds. The molecule has 0 aliphatic carbocycles. The quantitative estimate of drug-likeness (QED) is 0.676. The summed E-state index contributed by atoms with van der Waals surface area (Å²) in [6, 6.07) is 0. The van der Waals surface area contributed by atoms with Gasteiger partial charge in [0.15, 0.2) is 0 Å². The Morgan fingerprint density at radius 3 is 2.72 bits per heavy atom. The second kappa shape index (κ2) is 8.11. The van der Waals surface area contributed by atoms with Crippen LogP contribution in [0.2, 0.25) is 0 Å². The summed E-state index contributed by atoms with van der Waals surface area (Å²) in [5.74, 6) is 0.992. The summed E-state index contributed by atoms with van der Waals surface area (Å²) in [6.45, 7) is 2.79. The van der Waals surface area contributed by atoms with Crippen LogP contribution in [0.1, 0.15) is 25.0 Å². The van der Waals surface area contributed by atoms with Gasteiger partial charge in [-0.1, -0.05) is 0 Å². The molecule has 0 bridgehead atoms. The molecule has 0 spiro atoms. The molecule has 1 N–H and O–H groups in total. The lowest BCUT2D eigenvalue weighted by Gasteiger charge is -2.12. The fourth-order valence-corrected chi connectivity index (χ4v) is 1.90. The van der Waals surface area contributed by atoms with Crippen LogP contribution in [0, 0.1) is 0 Å². The van der Waals surface area contributed by atoms with Gasteiger partial charge in [-0.15, -0.1) is 0 Å². The van der Waals surface area contributed by atoms with Gasteiger partial charge in [-0.2, -0.15) is 0 Å². The van der Waals surface area contributed by atoms with Crippen molar-refractivity contribution in [1.29, 1.82) is 0 Å². The molecule has 0 fully saturated rings. The first-order valence-electron chi connectivity index (χ1n) is 6.54. The number of rotatable bonds is 9. The Morgan fingerprint density at radius 1 is 1.33 bits per heavy atom. The topological polar surface area (TPSA) is 42.3 Å². The van der Waals surface area contributed by atoms with Crippen molar-refractivity contribution in [3.8, 4) is 0 Å². The van der Waals surface area contributed by atoms with Crippen LogP contribution in [0.4, 0.5) is 5.95 Å². The van der Waals surface area contributed by atoms with Gasteiger partial charge in [-0.25, -0.2) is 4.98 Å². The largest absolute Gasteiger partial charge is 0.385 e. The smallest absolute Gasteiger partial charge is 0.204 e. The zero-order chi connectivity index (χ0) is 13.4. The Balaban J connectivity index is 2.19. The van der Waals surface area contributed by atoms with E-state index in [0.29, 0.717) is 0 Å². The van der Waals surface area contributed by atoms with E-state index in [1.807, 2.05) is 25.2 Å². The molecule has 1 heterocycles. The molecule has 5 heteroatoms. The van der Waals surface area contributed by atoms with Crippen LogP contribution in [0.25, 0.3) is 0 Å². The third kappa shape index (κ3) is 4.66. The molecule has 0 atom stereocenters. The number of imidazole rings is 1. The summed E-state index contributed by atoms with van der Waals surface area (Å²) < 4.78 is 7.14. The fourth-order valence-electron chi connectivity index (χ4n) is 1.90. The van der Waals surface area contributed by atoms with Crippen molar-refractivity contribution >= 4 is 5.95 Å². The van der Waals surface area contributed by atoms with Gasteiger partial charge in [0, 0.05) is 41.4 Å². The molecule has 1 rings (SSSR count). The molecule has 104 valence electrons. The lowest BCUT2D eigenvalue weighted by molar-refractivity contribution is 0.192. The highest BCUT2D eigenvalue weighted by Gasteiger charge is 2.06. The van der Waals surface area contributed by atoms with Crippen LogP contribution in [-0.4, -0.2) is 43.9 Å². The van der Waals surface area contributed by atoms with Crippen molar-refractivity contribution < 1.29 is 4.74 Å². The Labute approximate surface area is 110 Å². The normalized spacial score (nSPS) is 10.9. The van der Waals surface area contributed by atoms with Crippen molar-refractivity contribution in [3.05, 3.63) is 11.9 Å². The van der Waals surface area contributed by atoms with Gasteiger partial charge in [0.1, 0.15) is 0 Å². The summed E-state index contributed by atoms with van der Waals surface area (Å²) in [5.41, 5.74) is 1.22. The van der Waals surface area contributed by atoms with Crippen LogP contribution < -0.4 is 10.2 Å². The minimum Gasteiger partial charge on any atom is -0.385 e. The van der Waals surface area contributed by atoms with Crippen molar-refractivity contribution in [2.24, 2.45) is 7.05 Å². The molecule has 1 aromatic rings. The number of methoxy groups -OCH3 is 1. The highest BCUT2D eigenvalue weighted by atomic mass is 16.5. The van der Waals surface area contributed by atoms with Gasteiger partial charge in [-0.3, -0.25) is 0 Å². The van der Waals surface area contributed by atoms with E-state index in [-0.39, 0.29) is 0 Å². The molecule has 5 nitrogen and oxygen atoms in total. The number of ether oxygens (including phenoxy) is 1. The average Bonchev–Trinajstić information content (AvgIpc) is 2.70. The van der Waals surface area contributed by atoms with Crippen LogP contribution in [0.5, 0.6) is 0 Å². The average molecular weight is 254 g/mol. The molecule has 0 aliphatic rings. The van der Waals surface area contributed by atoms with E-state index < -0.39 is 0 Å². The highest BCUT2D eigenvalue weighted by Crippen LogP contribution is 2.10. The first kappa shape index (κ1) is 15.0. The standard InChI is InChI=1S/C13H26N4O/c1-16(2)13-15-11-12(17(13)3)10-14-8-6-5-7-9-18-4/h11,14H,5-10H2,1-4H3. The zero-order valence-corrected chi connectivity index (χ0v) is 12.1. The van der Waals surface area contributed by atoms with Crippen LogP contribution in [0.15, 0.2) is 6.20 Å². The zero-order valence-electron chi connectivity index (χ0n) is 12.1. The maximum Gasteiger partial charge on any atom is 0.204 e. The predicted octanol–water partition coefficient (Wildman–Crippen LogP) is 1.39. The van der Waals surface area contributed by atoms with E-state index in [4.69, 9.17) is 4.74 Å². The Kier molecular flexibility index (Phi) is 6.75. The summed E-state index contributed by atoms with van der Waals surface area (Å²) in [6.07, 6.45) is 5.50. The summed E-state index contributed by atoms with van der Waals surface area (Å²) in [4.78, 5) is 6.41. The second-order valence-corrected chi connectivity index (χ2v) is 4.73. The SMILES string of the molecule is COCCCCCNCc1cnc(N(C)C)n1C. The second-order valence-electron chi connectivity index (χ2n) is 4.73. The molecule has 0 radical (unpaired) electrons. The van der Waals surface area contributed by atoms with Crippen LogP contribution in [-0.2, 0) is 18.3 Å². The molecular weight excluding hydrogens is 228 g/mol. The van der Waals surface area contributed by atoms with E-state index in [2.05, 4.69) is 21.9 Å². The van der Waals surface area contributed by atoms with Crippen molar-refractivity contribution in [2.75, 3.05) is 39.3 Å². The number of unbranched alkanes of at least 4 members (excludes halogenated alkanes) is 2. The molecule has 18 heavy (non-hydrogen) atoms. The number of nitrogens with one attached hydrogen (secondary N) is 1. The van der Waals surface area contributed by atoms with Crippen molar-refractivity contribution in [3.63, 3.8) is 0 Å². The molecule has 0 saturated heterocycles. The number of aromatic nitrogens is 2. The van der Waals surface area contributed by atoms with Crippen LogP contribution in [0.3, 0.4) is 0 Å². The van der Waals surface area contributed by atoms with Gasteiger partial charge in [0.2, 0.25) is 5.95 Å². The molecule has 0 aromatic carbocycles. The Bertz CT molecular complexity index is 336. The maximum atomic E-state index is 5.02. The van der Waals surface area contributed by atoms with Gasteiger partial charge >= 0.3 is 0 Å². The number of hydrogen-bond acceptors (Lipinski definition) is 4. The maximum absolute atomic E-state index is 5.02. The molecule has 0 saturated carbocycles. The molecule has 0 unspecified atom stereocenters. The van der Waals surface area contributed by atoms with Crippen molar-refractivity contribution in [1.82, 2.24) is 14.9 Å². The minimum absolute atomic E-state index is 0.869. The molecule has 1 aromatic heterocycles. The number of nitrogens with zero attached hydrogens (tertiary/aromatic N) is 3. The molecular formula is C13H26N4O. The highest BCUT2D eigenvalue weighted by molar-refractivity contribution is 5.30. The van der Waals surface area contributed by atoms with E-state index in [1.54, 1.807) is 7.11 Å². The summed E-state index contributed by atoms with van der Waals surface area (Å²) in [7, 11) is 7.83. The van der Waals surface area contributed by atoms with Crippen molar-refractivity contribution in [2.45, 2.75) is 25.8 Å². The molecule has 0 aliphatic heterocycles. The van der Waals surface area contributed by atoms with Gasteiger partial charge in [-0.05, 0) is 25.8 Å². The fraction of sp³-hybridized carbons (Fsp3) is 0.769. The minimum atomic E-state index is 0.869. The first-order chi connectivity index (χ1) is 8.66. The van der Waals surface area contributed by atoms with E-state index in [0.717, 1.165) is 32.1 Å². The van der Waals surface area contributed by atoms with E-state index >= 15 is 0 Å². The lowest BCUT2D eigenvalue weighted by Crippen LogP contribution is -2.19. The monoisotopic (exact) mass is 254 g/mol. The third-order valence-corrected chi connectivity index (χ3v) is 2.97. The lowest BCUT2D eigenvalue weighted by atomic mass is 10.2. The Morgan fingerprint density at radius 2 is 2.11 bits per heavy atom. The van der Waals surface area contributed by atoms with Gasteiger partial charge in [0.25, 0.3) is 0 Å². The van der Waals surface area contributed by atoms with Gasteiger partial charge < -0.3 is 19.5 Å². The number of anilines is 1. The third-order valence-electron chi connectivity index (χ3n) is 2.97. The van der Waals surface area contributed by atoms with Gasteiger partial charge in [0.05, 0.1) is 11.9 Å². The van der Waals surface area contributed by atoms with E-state index in [9.17, 15) is 0 Å². The summed E-state index contributed by atoms with van der Waals surface area (Å²) in [5, 5.41) is 3.45. The Hall–Kier alpha value is -1.07. The van der Waals surface area contributed by atoms with E-state index in [1.165, 1.54) is 18.5 Å². The number of hydrogen-bond donors (Lipinski definition) is 1. The van der Waals surface area contributed by atoms with Crippen LogP contribution >= 0.6 is 0 Å². The predicted molar refractivity (Wildman–Crippen MR) is 75.0 cm³/mol. The first-order valence-corrected chi connectivity index (χ1v) is 6.54.